The van der Waals surface area contributed by atoms with Gasteiger partial charge in [-0.2, -0.15) is 0 Å². The molecule has 20 heavy (non-hydrogen) atoms. The number of nitrogens with zero attached hydrogens (tertiary/aromatic N) is 1. The maximum atomic E-state index is 12.1. The molecule has 1 heterocycles. The van der Waals surface area contributed by atoms with Crippen molar-refractivity contribution in [1.82, 2.24) is 5.16 Å². The van der Waals surface area contributed by atoms with Gasteiger partial charge in [0.15, 0.2) is 5.82 Å². The zero-order valence-corrected chi connectivity index (χ0v) is 11.7. The van der Waals surface area contributed by atoms with Gasteiger partial charge in [0.2, 0.25) is 10.0 Å². The summed E-state index contributed by atoms with van der Waals surface area (Å²) in [7, 11) is -3.86. The van der Waals surface area contributed by atoms with E-state index in [9.17, 15) is 13.2 Å². The van der Waals surface area contributed by atoms with Gasteiger partial charge in [0.25, 0.3) is 5.91 Å². The lowest BCUT2D eigenvalue weighted by Crippen LogP contribution is -2.17. The molecule has 2 rings (SSSR count). The number of hydrogen-bond acceptors (Lipinski definition) is 5. The molecule has 3 N–H and O–H groups in total. The molecule has 0 saturated heterocycles. The molecule has 1 aromatic heterocycles. The van der Waals surface area contributed by atoms with Gasteiger partial charge in [0.1, 0.15) is 5.76 Å². The fourth-order valence-corrected chi connectivity index (χ4v) is 2.17. The maximum absolute atomic E-state index is 12.1. The summed E-state index contributed by atoms with van der Waals surface area (Å²) in [5.41, 5.74) is 0.826. The summed E-state index contributed by atoms with van der Waals surface area (Å²) >= 11 is 0. The Morgan fingerprint density at radius 3 is 2.55 bits per heavy atom. The number of nitrogens with two attached hydrogens (primary N) is 1. The smallest absolute Gasteiger partial charge is 0.257 e. The molecule has 1 aromatic carbocycles. The second-order valence-corrected chi connectivity index (χ2v) is 5.86. The number of nitrogens with one attached hydrogen (secondary N) is 1. The number of rotatable bonds is 3. The third-order valence-corrected chi connectivity index (χ3v) is 3.56. The van der Waals surface area contributed by atoms with Gasteiger partial charge >= 0.3 is 0 Å². The summed E-state index contributed by atoms with van der Waals surface area (Å²) in [4.78, 5) is 12.0. The molecule has 8 heteroatoms. The number of anilines is 1. The molecule has 7 nitrogen and oxygen atoms in total. The SMILES string of the molecule is Cc1cc(NC(=O)c2cc(S(N)(=O)=O)ccc2C)no1. The Kier molecular flexibility index (Phi) is 3.60. The van der Waals surface area contributed by atoms with E-state index in [2.05, 4.69) is 10.5 Å². The maximum Gasteiger partial charge on any atom is 0.257 e. The molecule has 0 radical (unpaired) electrons. The quantitative estimate of drug-likeness (QED) is 0.882. The largest absolute Gasteiger partial charge is 0.360 e. The highest BCUT2D eigenvalue weighted by Gasteiger charge is 2.15. The van der Waals surface area contributed by atoms with E-state index in [1.54, 1.807) is 19.9 Å². The molecular weight excluding hydrogens is 282 g/mol. The number of carbonyl (C=O) groups excluding carboxylic acids is 1. The van der Waals surface area contributed by atoms with Crippen molar-refractivity contribution >= 4 is 21.7 Å². The number of hydrogen-bond donors (Lipinski definition) is 2. The molecule has 0 saturated carbocycles. The molecule has 0 fully saturated rings. The predicted molar refractivity (Wildman–Crippen MR) is 71.7 cm³/mol. The van der Waals surface area contributed by atoms with E-state index >= 15 is 0 Å². The van der Waals surface area contributed by atoms with Gasteiger partial charge in [0.05, 0.1) is 4.90 Å². The Balaban J connectivity index is 2.34. The van der Waals surface area contributed by atoms with Crippen molar-refractivity contribution in [2.75, 3.05) is 5.32 Å². The summed E-state index contributed by atoms with van der Waals surface area (Å²) in [6, 6.07) is 5.65. The molecule has 0 atom stereocenters. The zero-order chi connectivity index (χ0) is 14.9. The van der Waals surface area contributed by atoms with E-state index in [0.29, 0.717) is 11.3 Å². The van der Waals surface area contributed by atoms with Gasteiger partial charge < -0.3 is 9.84 Å². The van der Waals surface area contributed by atoms with Crippen molar-refractivity contribution in [3.63, 3.8) is 0 Å². The van der Waals surface area contributed by atoms with Crippen molar-refractivity contribution in [2.45, 2.75) is 18.7 Å². The Morgan fingerprint density at radius 2 is 2.00 bits per heavy atom. The third kappa shape index (κ3) is 3.03. The summed E-state index contributed by atoms with van der Waals surface area (Å²) in [6.45, 7) is 3.38. The van der Waals surface area contributed by atoms with Crippen LogP contribution in [0.2, 0.25) is 0 Å². The van der Waals surface area contributed by atoms with Gasteiger partial charge in [-0.25, -0.2) is 13.6 Å². The van der Waals surface area contributed by atoms with E-state index in [-0.39, 0.29) is 16.3 Å². The van der Waals surface area contributed by atoms with Crippen LogP contribution in [-0.4, -0.2) is 19.5 Å². The highest BCUT2D eigenvalue weighted by Crippen LogP contribution is 2.16. The van der Waals surface area contributed by atoms with Crippen LogP contribution in [0, 0.1) is 13.8 Å². The molecule has 106 valence electrons. The first kappa shape index (κ1) is 14.2. The molecule has 2 aromatic rings. The summed E-state index contributed by atoms with van der Waals surface area (Å²) in [5, 5.41) is 11.2. The lowest BCUT2D eigenvalue weighted by Gasteiger charge is -2.07. The van der Waals surface area contributed by atoms with Gasteiger partial charge in [-0.3, -0.25) is 4.79 Å². The van der Waals surface area contributed by atoms with Crippen molar-refractivity contribution in [2.24, 2.45) is 5.14 Å². The number of benzene rings is 1. The number of aryl methyl sites for hydroxylation is 2. The normalized spacial score (nSPS) is 11.3. The Hall–Kier alpha value is -2.19. The first-order valence-corrected chi connectivity index (χ1v) is 7.20. The Morgan fingerprint density at radius 1 is 1.30 bits per heavy atom. The van der Waals surface area contributed by atoms with Crippen LogP contribution in [0.1, 0.15) is 21.7 Å². The number of primary sulfonamides is 1. The molecular formula is C12H13N3O4S. The highest BCUT2D eigenvalue weighted by molar-refractivity contribution is 7.89. The van der Waals surface area contributed by atoms with E-state index in [1.807, 2.05) is 0 Å². The lowest BCUT2D eigenvalue weighted by molar-refractivity contribution is 0.102. The van der Waals surface area contributed by atoms with Crippen molar-refractivity contribution in [3.05, 3.63) is 41.2 Å². The topological polar surface area (TPSA) is 115 Å². The summed E-state index contributed by atoms with van der Waals surface area (Å²) in [5.74, 6) is 0.324. The summed E-state index contributed by atoms with van der Waals surface area (Å²) < 4.78 is 27.4. The molecule has 0 aliphatic rings. The molecule has 0 aliphatic heterocycles. The Bertz CT molecular complexity index is 765. The van der Waals surface area contributed by atoms with Gasteiger partial charge in [-0.15, -0.1) is 0 Å². The van der Waals surface area contributed by atoms with Crippen LogP contribution in [0.15, 0.2) is 33.7 Å². The van der Waals surface area contributed by atoms with E-state index in [1.165, 1.54) is 18.2 Å². The molecule has 0 unspecified atom stereocenters. The number of aromatic nitrogens is 1. The second kappa shape index (κ2) is 5.06. The van der Waals surface area contributed by atoms with Crippen LogP contribution in [0.25, 0.3) is 0 Å². The van der Waals surface area contributed by atoms with Crippen LogP contribution in [-0.2, 0) is 10.0 Å². The van der Waals surface area contributed by atoms with E-state index in [0.717, 1.165) is 0 Å². The second-order valence-electron chi connectivity index (χ2n) is 4.30. The average Bonchev–Trinajstić information content (AvgIpc) is 2.73. The van der Waals surface area contributed by atoms with Crippen LogP contribution >= 0.6 is 0 Å². The average molecular weight is 295 g/mol. The van der Waals surface area contributed by atoms with Gasteiger partial charge in [0, 0.05) is 11.6 Å². The van der Waals surface area contributed by atoms with E-state index < -0.39 is 15.9 Å². The predicted octanol–water partition coefficient (Wildman–Crippen LogP) is 1.19. The third-order valence-electron chi connectivity index (χ3n) is 2.65. The lowest BCUT2D eigenvalue weighted by atomic mass is 10.1. The first-order valence-electron chi connectivity index (χ1n) is 5.65. The van der Waals surface area contributed by atoms with Crippen LogP contribution in [0.5, 0.6) is 0 Å². The Labute approximate surface area is 115 Å². The van der Waals surface area contributed by atoms with Crippen LogP contribution in [0.3, 0.4) is 0 Å². The molecule has 1 amide bonds. The monoisotopic (exact) mass is 295 g/mol. The summed E-state index contributed by atoms with van der Waals surface area (Å²) in [6.07, 6.45) is 0. The fourth-order valence-electron chi connectivity index (χ4n) is 1.63. The number of carbonyl (C=O) groups is 1. The number of sulfonamides is 1. The van der Waals surface area contributed by atoms with Gasteiger partial charge in [-0.05, 0) is 31.5 Å². The minimum absolute atomic E-state index is 0.121. The zero-order valence-electron chi connectivity index (χ0n) is 10.9. The minimum Gasteiger partial charge on any atom is -0.360 e. The van der Waals surface area contributed by atoms with Crippen LogP contribution in [0.4, 0.5) is 5.82 Å². The van der Waals surface area contributed by atoms with Crippen LogP contribution < -0.4 is 10.5 Å². The molecule has 0 aliphatic carbocycles. The molecule has 0 bridgehead atoms. The van der Waals surface area contributed by atoms with Crippen molar-refractivity contribution in [1.29, 1.82) is 0 Å². The number of amides is 1. The minimum atomic E-state index is -3.86. The van der Waals surface area contributed by atoms with Crippen molar-refractivity contribution < 1.29 is 17.7 Å². The highest BCUT2D eigenvalue weighted by atomic mass is 32.2. The fraction of sp³-hybridized carbons (Fsp3) is 0.167. The van der Waals surface area contributed by atoms with Gasteiger partial charge in [-0.1, -0.05) is 11.2 Å². The first-order chi connectivity index (χ1) is 9.27. The van der Waals surface area contributed by atoms with Crippen molar-refractivity contribution in [3.8, 4) is 0 Å². The standard InChI is InChI=1S/C12H13N3O4S/c1-7-3-4-9(20(13,17)18)6-10(7)12(16)14-11-5-8(2)19-15-11/h3-6H,1-2H3,(H2,13,17,18)(H,14,15,16). The molecule has 0 spiro atoms. The van der Waals surface area contributed by atoms with E-state index in [4.69, 9.17) is 9.66 Å².